The van der Waals surface area contributed by atoms with Crippen molar-refractivity contribution in [2.45, 2.75) is 25.4 Å². The Morgan fingerprint density at radius 2 is 2.00 bits per heavy atom. The summed E-state index contributed by atoms with van der Waals surface area (Å²) in [5.41, 5.74) is 0.335. The molecule has 5 heteroatoms. The third kappa shape index (κ3) is 2.90. The Morgan fingerprint density at radius 3 is 2.62 bits per heavy atom. The van der Waals surface area contributed by atoms with E-state index in [2.05, 4.69) is 15.3 Å². The minimum absolute atomic E-state index is 0.472. The molecule has 0 bridgehead atoms. The number of anilines is 1. The number of hydrogen-bond donors (Lipinski definition) is 2. The molecule has 0 saturated carbocycles. The van der Waals surface area contributed by atoms with Gasteiger partial charge in [-0.15, -0.1) is 0 Å². The Hall–Kier alpha value is -1.20. The van der Waals surface area contributed by atoms with Crippen molar-refractivity contribution in [3.8, 4) is 0 Å². The first-order chi connectivity index (χ1) is 7.68. The number of nitrogens with one attached hydrogen (secondary N) is 1. The lowest BCUT2D eigenvalue weighted by Crippen LogP contribution is -2.42. The number of aliphatic hydroxyl groups is 1. The average molecular weight is 223 g/mol. The Bertz CT molecular complexity index is 334. The van der Waals surface area contributed by atoms with Crippen LogP contribution in [0.4, 0.5) is 5.95 Å². The number of aryl methyl sites for hydroxylation is 1. The van der Waals surface area contributed by atoms with Crippen LogP contribution in [0.5, 0.6) is 0 Å². The fraction of sp³-hybridized carbons (Fsp3) is 0.636. The molecule has 1 aromatic rings. The highest BCUT2D eigenvalue weighted by atomic mass is 16.5. The number of ether oxygens (including phenoxy) is 1. The molecule has 0 aromatic carbocycles. The van der Waals surface area contributed by atoms with Crippen molar-refractivity contribution in [1.29, 1.82) is 0 Å². The van der Waals surface area contributed by atoms with Crippen LogP contribution in [-0.2, 0) is 4.74 Å². The van der Waals surface area contributed by atoms with Crippen molar-refractivity contribution in [1.82, 2.24) is 9.97 Å². The van der Waals surface area contributed by atoms with Gasteiger partial charge in [0.25, 0.3) is 0 Å². The van der Waals surface area contributed by atoms with Crippen molar-refractivity contribution < 1.29 is 9.84 Å². The van der Waals surface area contributed by atoms with Crippen LogP contribution in [0.2, 0.25) is 0 Å². The molecule has 2 rings (SSSR count). The van der Waals surface area contributed by atoms with Gasteiger partial charge in [-0.3, -0.25) is 0 Å². The van der Waals surface area contributed by atoms with Gasteiger partial charge in [0, 0.05) is 45.0 Å². The zero-order chi connectivity index (χ0) is 11.4. The molecule has 0 radical (unpaired) electrons. The standard InChI is InChI=1S/C11H17N3O2/c1-9-6-12-10(13-7-9)14-8-11(15)2-4-16-5-3-11/h6-7,15H,2-5,8H2,1H3,(H,12,13,14). The van der Waals surface area contributed by atoms with E-state index >= 15 is 0 Å². The summed E-state index contributed by atoms with van der Waals surface area (Å²) < 4.78 is 5.21. The van der Waals surface area contributed by atoms with E-state index in [9.17, 15) is 5.11 Å². The highest BCUT2D eigenvalue weighted by Crippen LogP contribution is 2.20. The first-order valence-electron chi connectivity index (χ1n) is 5.51. The summed E-state index contributed by atoms with van der Waals surface area (Å²) in [6.45, 7) is 3.65. The Labute approximate surface area is 94.9 Å². The monoisotopic (exact) mass is 223 g/mol. The molecule has 1 aliphatic heterocycles. The highest BCUT2D eigenvalue weighted by Gasteiger charge is 2.29. The van der Waals surface area contributed by atoms with Crippen molar-refractivity contribution in [3.63, 3.8) is 0 Å². The van der Waals surface area contributed by atoms with E-state index in [4.69, 9.17) is 4.74 Å². The number of aromatic nitrogens is 2. The largest absolute Gasteiger partial charge is 0.388 e. The molecular formula is C11H17N3O2. The van der Waals surface area contributed by atoms with Crippen molar-refractivity contribution in [2.75, 3.05) is 25.1 Å². The Kier molecular flexibility index (Phi) is 3.36. The van der Waals surface area contributed by atoms with Crippen LogP contribution < -0.4 is 5.32 Å². The maximum absolute atomic E-state index is 10.2. The van der Waals surface area contributed by atoms with Crippen LogP contribution in [-0.4, -0.2) is 40.4 Å². The maximum atomic E-state index is 10.2. The molecule has 1 aliphatic rings. The molecular weight excluding hydrogens is 206 g/mol. The van der Waals surface area contributed by atoms with Crippen LogP contribution in [0.25, 0.3) is 0 Å². The number of hydrogen-bond acceptors (Lipinski definition) is 5. The molecule has 0 spiro atoms. The summed E-state index contributed by atoms with van der Waals surface area (Å²) in [5.74, 6) is 0.561. The second kappa shape index (κ2) is 4.76. The van der Waals surface area contributed by atoms with E-state index in [0.717, 1.165) is 5.56 Å². The summed E-state index contributed by atoms with van der Waals surface area (Å²) >= 11 is 0. The molecule has 0 aliphatic carbocycles. The van der Waals surface area contributed by atoms with Gasteiger partial charge < -0.3 is 15.2 Å². The lowest BCUT2D eigenvalue weighted by atomic mass is 9.94. The maximum Gasteiger partial charge on any atom is 0.222 e. The summed E-state index contributed by atoms with van der Waals surface area (Å²) in [4.78, 5) is 8.26. The third-order valence-corrected chi connectivity index (χ3v) is 2.78. The smallest absolute Gasteiger partial charge is 0.222 e. The lowest BCUT2D eigenvalue weighted by Gasteiger charge is -2.31. The third-order valence-electron chi connectivity index (χ3n) is 2.78. The SMILES string of the molecule is Cc1cnc(NCC2(O)CCOCC2)nc1. The molecule has 0 amide bonds. The van der Waals surface area contributed by atoms with Gasteiger partial charge in [-0.2, -0.15) is 0 Å². The van der Waals surface area contributed by atoms with Crippen LogP contribution in [0.3, 0.4) is 0 Å². The summed E-state index contributed by atoms with van der Waals surface area (Å²) in [6, 6.07) is 0. The summed E-state index contributed by atoms with van der Waals surface area (Å²) in [5, 5.41) is 13.2. The lowest BCUT2D eigenvalue weighted by molar-refractivity contribution is -0.0544. The Balaban J connectivity index is 1.88. The zero-order valence-corrected chi connectivity index (χ0v) is 9.44. The van der Waals surface area contributed by atoms with Crippen LogP contribution in [0.1, 0.15) is 18.4 Å². The van der Waals surface area contributed by atoms with Gasteiger partial charge in [0.15, 0.2) is 0 Å². The van der Waals surface area contributed by atoms with E-state index in [1.54, 1.807) is 12.4 Å². The normalized spacial score (nSPS) is 19.4. The van der Waals surface area contributed by atoms with Crippen LogP contribution >= 0.6 is 0 Å². The van der Waals surface area contributed by atoms with Gasteiger partial charge in [-0.1, -0.05) is 0 Å². The first-order valence-corrected chi connectivity index (χ1v) is 5.51. The van der Waals surface area contributed by atoms with Crippen molar-refractivity contribution in [2.24, 2.45) is 0 Å². The zero-order valence-electron chi connectivity index (χ0n) is 9.44. The van der Waals surface area contributed by atoms with Crippen LogP contribution in [0.15, 0.2) is 12.4 Å². The molecule has 2 N–H and O–H groups in total. The molecule has 1 saturated heterocycles. The van der Waals surface area contributed by atoms with Gasteiger partial charge in [-0.25, -0.2) is 9.97 Å². The molecule has 5 nitrogen and oxygen atoms in total. The van der Waals surface area contributed by atoms with E-state index < -0.39 is 5.60 Å². The minimum atomic E-state index is -0.688. The predicted molar refractivity (Wildman–Crippen MR) is 60.3 cm³/mol. The van der Waals surface area contributed by atoms with Gasteiger partial charge >= 0.3 is 0 Å². The molecule has 2 heterocycles. The van der Waals surface area contributed by atoms with Gasteiger partial charge in [0.1, 0.15) is 0 Å². The fourth-order valence-corrected chi connectivity index (χ4v) is 1.66. The van der Waals surface area contributed by atoms with Crippen LogP contribution in [0, 0.1) is 6.92 Å². The second-order valence-corrected chi connectivity index (χ2v) is 4.27. The highest BCUT2D eigenvalue weighted by molar-refractivity contribution is 5.25. The topological polar surface area (TPSA) is 67.3 Å². The van der Waals surface area contributed by atoms with Crippen molar-refractivity contribution >= 4 is 5.95 Å². The van der Waals surface area contributed by atoms with E-state index in [1.165, 1.54) is 0 Å². The molecule has 88 valence electrons. The van der Waals surface area contributed by atoms with E-state index in [0.29, 0.717) is 38.5 Å². The minimum Gasteiger partial charge on any atom is -0.388 e. The quantitative estimate of drug-likeness (QED) is 0.791. The van der Waals surface area contributed by atoms with Gasteiger partial charge in [-0.05, 0) is 12.5 Å². The summed E-state index contributed by atoms with van der Waals surface area (Å²) in [6.07, 6.45) is 4.82. The molecule has 0 atom stereocenters. The molecule has 0 unspecified atom stereocenters. The number of nitrogens with zero attached hydrogens (tertiary/aromatic N) is 2. The molecule has 1 aromatic heterocycles. The van der Waals surface area contributed by atoms with Crippen molar-refractivity contribution in [3.05, 3.63) is 18.0 Å². The summed E-state index contributed by atoms with van der Waals surface area (Å²) in [7, 11) is 0. The van der Waals surface area contributed by atoms with E-state index in [1.807, 2.05) is 6.92 Å². The average Bonchev–Trinajstić information content (AvgIpc) is 2.29. The fourth-order valence-electron chi connectivity index (χ4n) is 1.66. The van der Waals surface area contributed by atoms with E-state index in [-0.39, 0.29) is 0 Å². The van der Waals surface area contributed by atoms with Gasteiger partial charge in [0.2, 0.25) is 5.95 Å². The number of rotatable bonds is 3. The Morgan fingerprint density at radius 1 is 1.38 bits per heavy atom. The predicted octanol–water partition coefficient (Wildman–Crippen LogP) is 0.738. The van der Waals surface area contributed by atoms with Gasteiger partial charge in [0.05, 0.1) is 5.60 Å². The molecule has 1 fully saturated rings. The molecule has 16 heavy (non-hydrogen) atoms. The first kappa shape index (κ1) is 11.3. The second-order valence-electron chi connectivity index (χ2n) is 4.27.